The van der Waals surface area contributed by atoms with Gasteiger partial charge in [0.2, 0.25) is 0 Å². The van der Waals surface area contributed by atoms with E-state index in [1.165, 1.54) is 0 Å². The van der Waals surface area contributed by atoms with Crippen LogP contribution in [-0.4, -0.2) is 30.7 Å². The van der Waals surface area contributed by atoms with Crippen LogP contribution < -0.4 is 0 Å². The molecular weight excluding hydrogens is 156 g/mol. The lowest BCUT2D eigenvalue weighted by Gasteiger charge is -2.23. The van der Waals surface area contributed by atoms with Gasteiger partial charge in [-0.3, -0.25) is 0 Å². The Hall–Kier alpha value is -0.380. The molecule has 0 spiro atoms. The van der Waals surface area contributed by atoms with Gasteiger partial charge in [-0.05, 0) is 25.8 Å². The van der Waals surface area contributed by atoms with Gasteiger partial charge >= 0.3 is 0 Å². The van der Waals surface area contributed by atoms with Crippen molar-refractivity contribution in [1.29, 1.82) is 0 Å². The van der Waals surface area contributed by atoms with E-state index in [9.17, 15) is 5.11 Å². The van der Waals surface area contributed by atoms with E-state index in [0.717, 1.165) is 26.1 Å². The van der Waals surface area contributed by atoms with Crippen LogP contribution in [0.4, 0.5) is 0 Å². The smallest absolute Gasteiger partial charge is 0.174 e. The van der Waals surface area contributed by atoms with Crippen molar-refractivity contribution in [1.82, 2.24) is 0 Å². The van der Waals surface area contributed by atoms with E-state index in [2.05, 4.69) is 0 Å². The monoisotopic (exact) mass is 172 g/mol. The van der Waals surface area contributed by atoms with Crippen molar-refractivity contribution in [3.8, 4) is 0 Å². The van der Waals surface area contributed by atoms with Crippen molar-refractivity contribution in [2.24, 2.45) is 0 Å². The lowest BCUT2D eigenvalue weighted by molar-refractivity contribution is -0.131. The number of aliphatic hydroxyl groups is 1. The first-order chi connectivity index (χ1) is 5.83. The molecule has 1 unspecified atom stereocenters. The third kappa shape index (κ3) is 3.34. The summed E-state index contributed by atoms with van der Waals surface area (Å²) in [6.45, 7) is 3.34. The largest absolute Gasteiger partial charge is 0.381 e. The molecule has 3 nitrogen and oxygen atoms in total. The van der Waals surface area contributed by atoms with Crippen molar-refractivity contribution < 1.29 is 14.6 Å². The van der Waals surface area contributed by atoms with Crippen LogP contribution in [0.2, 0.25) is 0 Å². The number of hydrogen-bond donors (Lipinski definition) is 1. The first-order valence-electron chi connectivity index (χ1n) is 4.37. The van der Waals surface area contributed by atoms with Gasteiger partial charge in [0, 0.05) is 13.2 Å². The predicted molar refractivity (Wildman–Crippen MR) is 45.7 cm³/mol. The van der Waals surface area contributed by atoms with Gasteiger partial charge in [-0.25, -0.2) is 0 Å². The maximum absolute atomic E-state index is 9.25. The highest BCUT2D eigenvalue weighted by atomic mass is 16.6. The molecule has 0 radical (unpaired) electrons. The van der Waals surface area contributed by atoms with Gasteiger partial charge in [0.05, 0.1) is 6.10 Å². The summed E-state index contributed by atoms with van der Waals surface area (Å²) in [4.78, 5) is 0. The van der Waals surface area contributed by atoms with Gasteiger partial charge in [0.1, 0.15) is 0 Å². The second-order valence-corrected chi connectivity index (χ2v) is 2.86. The standard InChI is InChI=1S/C9H16O3/c1-2-3-9(10)12-8-4-6-11-7-5-8/h2-3,8-10H,4-7H2,1H3. The highest BCUT2D eigenvalue weighted by molar-refractivity contribution is 4.81. The van der Waals surface area contributed by atoms with Gasteiger partial charge in [0.25, 0.3) is 0 Å². The van der Waals surface area contributed by atoms with Crippen molar-refractivity contribution in [3.63, 3.8) is 0 Å². The summed E-state index contributed by atoms with van der Waals surface area (Å²) in [5, 5.41) is 9.25. The average Bonchev–Trinajstić information content (AvgIpc) is 2.06. The van der Waals surface area contributed by atoms with Crippen LogP contribution >= 0.6 is 0 Å². The molecule has 1 fully saturated rings. The predicted octanol–water partition coefficient (Wildman–Crippen LogP) is 1.08. The van der Waals surface area contributed by atoms with Crippen LogP contribution in [0.5, 0.6) is 0 Å². The Morgan fingerprint density at radius 2 is 2.17 bits per heavy atom. The third-order valence-electron chi connectivity index (χ3n) is 1.86. The van der Waals surface area contributed by atoms with Crippen LogP contribution in [-0.2, 0) is 9.47 Å². The Balaban J connectivity index is 2.19. The molecule has 1 saturated heterocycles. The summed E-state index contributed by atoms with van der Waals surface area (Å²) in [6.07, 6.45) is 4.59. The molecule has 1 heterocycles. The summed E-state index contributed by atoms with van der Waals surface area (Å²) >= 11 is 0. The van der Waals surface area contributed by atoms with E-state index < -0.39 is 6.29 Å². The molecule has 1 N–H and O–H groups in total. The van der Waals surface area contributed by atoms with Crippen LogP contribution in [0.25, 0.3) is 0 Å². The summed E-state index contributed by atoms with van der Waals surface area (Å²) < 4.78 is 10.5. The second kappa shape index (κ2) is 5.30. The average molecular weight is 172 g/mol. The molecule has 0 aromatic carbocycles. The Bertz CT molecular complexity index is 139. The molecule has 1 rings (SSSR count). The molecule has 0 bridgehead atoms. The minimum absolute atomic E-state index is 0.157. The van der Waals surface area contributed by atoms with Crippen LogP contribution in [0, 0.1) is 0 Å². The number of rotatable bonds is 3. The minimum atomic E-state index is -0.752. The fourth-order valence-corrected chi connectivity index (χ4v) is 1.22. The highest BCUT2D eigenvalue weighted by Gasteiger charge is 2.16. The number of hydrogen-bond acceptors (Lipinski definition) is 3. The fourth-order valence-electron chi connectivity index (χ4n) is 1.22. The van der Waals surface area contributed by atoms with E-state index in [0.29, 0.717) is 0 Å². The molecular formula is C9H16O3. The van der Waals surface area contributed by atoms with Gasteiger partial charge in [-0.15, -0.1) is 0 Å². The summed E-state index contributed by atoms with van der Waals surface area (Å²) in [7, 11) is 0. The topological polar surface area (TPSA) is 38.7 Å². The van der Waals surface area contributed by atoms with Crippen molar-refractivity contribution in [2.45, 2.75) is 32.2 Å². The molecule has 1 aliphatic heterocycles. The van der Waals surface area contributed by atoms with E-state index in [1.807, 2.05) is 6.92 Å². The molecule has 0 amide bonds. The molecule has 70 valence electrons. The van der Waals surface area contributed by atoms with Crippen LogP contribution in [0.1, 0.15) is 19.8 Å². The van der Waals surface area contributed by atoms with E-state index >= 15 is 0 Å². The molecule has 12 heavy (non-hydrogen) atoms. The summed E-state index contributed by atoms with van der Waals surface area (Å²) in [6, 6.07) is 0. The highest BCUT2D eigenvalue weighted by Crippen LogP contribution is 2.12. The fraction of sp³-hybridized carbons (Fsp3) is 0.778. The molecule has 0 saturated carbocycles. The lowest BCUT2D eigenvalue weighted by atomic mass is 10.1. The number of allylic oxidation sites excluding steroid dienone is 1. The zero-order valence-corrected chi connectivity index (χ0v) is 7.40. The molecule has 0 aliphatic carbocycles. The second-order valence-electron chi connectivity index (χ2n) is 2.86. The van der Waals surface area contributed by atoms with Crippen LogP contribution in [0.15, 0.2) is 12.2 Å². The summed E-state index contributed by atoms with van der Waals surface area (Å²) in [5.74, 6) is 0. The van der Waals surface area contributed by atoms with E-state index in [4.69, 9.17) is 9.47 Å². The van der Waals surface area contributed by atoms with E-state index in [-0.39, 0.29) is 6.10 Å². The maximum atomic E-state index is 9.25. The van der Waals surface area contributed by atoms with E-state index in [1.54, 1.807) is 12.2 Å². The zero-order chi connectivity index (χ0) is 8.81. The molecule has 0 aromatic heterocycles. The summed E-state index contributed by atoms with van der Waals surface area (Å²) in [5.41, 5.74) is 0. The molecule has 1 atom stereocenters. The molecule has 0 aromatic rings. The first kappa shape index (κ1) is 9.71. The van der Waals surface area contributed by atoms with Gasteiger partial charge in [-0.2, -0.15) is 0 Å². The van der Waals surface area contributed by atoms with Crippen molar-refractivity contribution in [2.75, 3.05) is 13.2 Å². The molecule has 3 heteroatoms. The Morgan fingerprint density at radius 1 is 1.50 bits per heavy atom. The van der Waals surface area contributed by atoms with Gasteiger partial charge in [0.15, 0.2) is 6.29 Å². The van der Waals surface area contributed by atoms with Gasteiger partial charge in [-0.1, -0.05) is 6.08 Å². The SMILES string of the molecule is CC=CC(O)OC1CCOCC1. The quantitative estimate of drug-likeness (QED) is 0.511. The van der Waals surface area contributed by atoms with Crippen molar-refractivity contribution >= 4 is 0 Å². The lowest BCUT2D eigenvalue weighted by Crippen LogP contribution is -2.27. The number of aliphatic hydroxyl groups excluding tert-OH is 1. The minimum Gasteiger partial charge on any atom is -0.381 e. The normalized spacial score (nSPS) is 23.2. The maximum Gasteiger partial charge on any atom is 0.174 e. The Labute approximate surface area is 73.0 Å². The third-order valence-corrected chi connectivity index (χ3v) is 1.86. The Kier molecular flexibility index (Phi) is 4.29. The first-order valence-corrected chi connectivity index (χ1v) is 4.37. The number of ether oxygens (including phenoxy) is 2. The molecule has 1 aliphatic rings. The van der Waals surface area contributed by atoms with Gasteiger partial charge < -0.3 is 14.6 Å². The van der Waals surface area contributed by atoms with Crippen molar-refractivity contribution in [3.05, 3.63) is 12.2 Å². The van der Waals surface area contributed by atoms with Crippen LogP contribution in [0.3, 0.4) is 0 Å². The Morgan fingerprint density at radius 3 is 2.75 bits per heavy atom. The zero-order valence-electron chi connectivity index (χ0n) is 7.40.